The van der Waals surface area contributed by atoms with Gasteiger partial charge in [-0.2, -0.15) is 0 Å². The van der Waals surface area contributed by atoms with Crippen LogP contribution in [0.4, 0.5) is 0 Å². The van der Waals surface area contributed by atoms with Gasteiger partial charge in [0.25, 0.3) is 0 Å². The standard InChI is InChI=1S/C9H19NO3S/c1-2-4-10-5-6-13-9-3-7-14(11,12)8-9/h9-10H,2-8H2,1H3. The molecular formula is C9H19NO3S. The summed E-state index contributed by atoms with van der Waals surface area (Å²) in [4.78, 5) is 0. The number of hydrogen-bond donors (Lipinski definition) is 1. The van der Waals surface area contributed by atoms with Gasteiger partial charge in [-0.15, -0.1) is 0 Å². The molecule has 0 aromatic carbocycles. The van der Waals surface area contributed by atoms with Crippen LogP contribution in [0.25, 0.3) is 0 Å². The van der Waals surface area contributed by atoms with Gasteiger partial charge < -0.3 is 10.1 Å². The van der Waals surface area contributed by atoms with Crippen molar-refractivity contribution in [3.05, 3.63) is 0 Å². The molecule has 84 valence electrons. The quantitative estimate of drug-likeness (QED) is 0.651. The van der Waals surface area contributed by atoms with Crippen LogP contribution < -0.4 is 5.32 Å². The van der Waals surface area contributed by atoms with Crippen molar-refractivity contribution in [2.24, 2.45) is 0 Å². The van der Waals surface area contributed by atoms with Crippen LogP contribution in [0.15, 0.2) is 0 Å². The van der Waals surface area contributed by atoms with Crippen molar-refractivity contribution in [3.8, 4) is 0 Å². The predicted octanol–water partition coefficient (Wildman–Crippen LogP) is 0.190. The Kier molecular flexibility index (Phi) is 4.84. The van der Waals surface area contributed by atoms with Gasteiger partial charge in [-0.25, -0.2) is 8.42 Å². The van der Waals surface area contributed by atoms with Crippen LogP contribution in [0.1, 0.15) is 19.8 Å². The lowest BCUT2D eigenvalue weighted by atomic mass is 10.3. The molecule has 0 radical (unpaired) electrons. The van der Waals surface area contributed by atoms with Crippen LogP contribution in [-0.4, -0.2) is 45.7 Å². The van der Waals surface area contributed by atoms with E-state index in [0.717, 1.165) is 19.5 Å². The fourth-order valence-corrected chi connectivity index (χ4v) is 3.11. The smallest absolute Gasteiger partial charge is 0.152 e. The summed E-state index contributed by atoms with van der Waals surface area (Å²) in [5.74, 6) is 0.501. The summed E-state index contributed by atoms with van der Waals surface area (Å²) >= 11 is 0. The van der Waals surface area contributed by atoms with E-state index in [-0.39, 0.29) is 11.9 Å². The van der Waals surface area contributed by atoms with E-state index in [9.17, 15) is 8.42 Å². The molecule has 4 nitrogen and oxygen atoms in total. The highest BCUT2D eigenvalue weighted by Crippen LogP contribution is 2.14. The zero-order chi connectivity index (χ0) is 10.4. The van der Waals surface area contributed by atoms with E-state index in [2.05, 4.69) is 12.2 Å². The number of rotatable bonds is 6. The lowest BCUT2D eigenvalue weighted by molar-refractivity contribution is 0.0731. The summed E-state index contributed by atoms with van der Waals surface area (Å²) in [6.45, 7) is 4.52. The van der Waals surface area contributed by atoms with Crippen molar-refractivity contribution in [1.29, 1.82) is 0 Å². The Balaban J connectivity index is 2.03. The number of sulfone groups is 1. The molecule has 0 saturated carbocycles. The molecule has 1 fully saturated rings. The van der Waals surface area contributed by atoms with Crippen molar-refractivity contribution in [3.63, 3.8) is 0 Å². The molecule has 1 rings (SSSR count). The molecule has 0 aliphatic carbocycles. The second-order valence-corrected chi connectivity index (χ2v) is 5.87. The molecule has 0 aromatic heterocycles. The van der Waals surface area contributed by atoms with Crippen LogP contribution in [-0.2, 0) is 14.6 Å². The highest BCUT2D eigenvalue weighted by atomic mass is 32.2. The molecular weight excluding hydrogens is 202 g/mol. The maximum Gasteiger partial charge on any atom is 0.152 e. The van der Waals surface area contributed by atoms with Gasteiger partial charge >= 0.3 is 0 Å². The van der Waals surface area contributed by atoms with E-state index in [1.165, 1.54) is 0 Å². The highest BCUT2D eigenvalue weighted by Gasteiger charge is 2.28. The average Bonchev–Trinajstić information content (AvgIpc) is 2.45. The zero-order valence-corrected chi connectivity index (χ0v) is 9.48. The summed E-state index contributed by atoms with van der Waals surface area (Å²) in [6, 6.07) is 0. The van der Waals surface area contributed by atoms with E-state index in [0.29, 0.717) is 18.8 Å². The van der Waals surface area contributed by atoms with E-state index < -0.39 is 9.84 Å². The third-order valence-electron chi connectivity index (χ3n) is 2.25. The molecule has 1 atom stereocenters. The Labute approximate surface area is 85.9 Å². The molecule has 0 aromatic rings. The first kappa shape index (κ1) is 11.9. The number of nitrogens with one attached hydrogen (secondary N) is 1. The molecule has 1 aliphatic rings. The molecule has 1 heterocycles. The second-order valence-electron chi connectivity index (χ2n) is 3.65. The SMILES string of the molecule is CCCNCCOC1CCS(=O)(=O)C1. The molecule has 0 spiro atoms. The average molecular weight is 221 g/mol. The number of ether oxygens (including phenoxy) is 1. The van der Waals surface area contributed by atoms with Crippen LogP contribution in [0.3, 0.4) is 0 Å². The van der Waals surface area contributed by atoms with Gasteiger partial charge in [0.15, 0.2) is 9.84 Å². The van der Waals surface area contributed by atoms with Crippen molar-refractivity contribution in [2.75, 3.05) is 31.2 Å². The van der Waals surface area contributed by atoms with Crippen molar-refractivity contribution >= 4 is 9.84 Å². The van der Waals surface area contributed by atoms with Gasteiger partial charge in [0.1, 0.15) is 0 Å². The minimum Gasteiger partial charge on any atom is -0.376 e. The third-order valence-corrected chi connectivity index (χ3v) is 3.99. The summed E-state index contributed by atoms with van der Waals surface area (Å²) in [7, 11) is -2.79. The van der Waals surface area contributed by atoms with Crippen molar-refractivity contribution in [1.82, 2.24) is 5.32 Å². The molecule has 1 unspecified atom stereocenters. The first-order chi connectivity index (χ1) is 6.64. The van der Waals surface area contributed by atoms with Crippen molar-refractivity contribution in [2.45, 2.75) is 25.9 Å². The van der Waals surface area contributed by atoms with Gasteiger partial charge in [-0.3, -0.25) is 0 Å². The Morgan fingerprint density at radius 1 is 1.43 bits per heavy atom. The van der Waals surface area contributed by atoms with Crippen LogP contribution >= 0.6 is 0 Å². The summed E-state index contributed by atoms with van der Waals surface area (Å²) in [5, 5.41) is 3.21. The first-order valence-electron chi connectivity index (χ1n) is 5.17. The van der Waals surface area contributed by atoms with Crippen LogP contribution in [0.5, 0.6) is 0 Å². The normalized spacial score (nSPS) is 25.4. The Bertz CT molecular complexity index is 251. The third kappa shape index (κ3) is 4.39. The lowest BCUT2D eigenvalue weighted by Gasteiger charge is -2.09. The van der Waals surface area contributed by atoms with Crippen LogP contribution in [0, 0.1) is 0 Å². The fraction of sp³-hybridized carbons (Fsp3) is 1.00. The maximum atomic E-state index is 11.1. The molecule has 1 aliphatic heterocycles. The lowest BCUT2D eigenvalue weighted by Crippen LogP contribution is -2.24. The van der Waals surface area contributed by atoms with E-state index in [4.69, 9.17) is 4.74 Å². The van der Waals surface area contributed by atoms with Gasteiger partial charge in [0.05, 0.1) is 24.2 Å². The highest BCUT2D eigenvalue weighted by molar-refractivity contribution is 7.91. The van der Waals surface area contributed by atoms with Gasteiger partial charge in [-0.1, -0.05) is 6.92 Å². The summed E-state index contributed by atoms with van der Waals surface area (Å²) in [6.07, 6.45) is 1.71. The Hall–Kier alpha value is -0.130. The molecule has 14 heavy (non-hydrogen) atoms. The monoisotopic (exact) mass is 221 g/mol. The van der Waals surface area contributed by atoms with Crippen LogP contribution in [0.2, 0.25) is 0 Å². The fourth-order valence-electron chi connectivity index (χ4n) is 1.49. The first-order valence-corrected chi connectivity index (χ1v) is 6.99. The van der Waals surface area contributed by atoms with Gasteiger partial charge in [-0.05, 0) is 19.4 Å². The van der Waals surface area contributed by atoms with E-state index >= 15 is 0 Å². The zero-order valence-electron chi connectivity index (χ0n) is 8.66. The van der Waals surface area contributed by atoms with E-state index in [1.54, 1.807) is 0 Å². The Morgan fingerprint density at radius 2 is 2.21 bits per heavy atom. The second kappa shape index (κ2) is 5.68. The molecule has 1 saturated heterocycles. The molecule has 0 amide bonds. The van der Waals surface area contributed by atoms with Crippen molar-refractivity contribution < 1.29 is 13.2 Å². The minimum absolute atomic E-state index is 0.0663. The largest absolute Gasteiger partial charge is 0.376 e. The topological polar surface area (TPSA) is 55.4 Å². The minimum atomic E-state index is -2.79. The molecule has 1 N–H and O–H groups in total. The predicted molar refractivity (Wildman–Crippen MR) is 56.2 cm³/mol. The summed E-state index contributed by atoms with van der Waals surface area (Å²) in [5.41, 5.74) is 0. The van der Waals surface area contributed by atoms with Gasteiger partial charge in [0.2, 0.25) is 0 Å². The van der Waals surface area contributed by atoms with E-state index in [1.807, 2.05) is 0 Å². The molecule has 0 bridgehead atoms. The van der Waals surface area contributed by atoms with Gasteiger partial charge in [0, 0.05) is 6.54 Å². The number of hydrogen-bond acceptors (Lipinski definition) is 4. The summed E-state index contributed by atoms with van der Waals surface area (Å²) < 4.78 is 27.6. The Morgan fingerprint density at radius 3 is 2.79 bits per heavy atom. The maximum absolute atomic E-state index is 11.1. The molecule has 5 heteroatoms.